The number of methoxy groups -OCH3 is 1. The fourth-order valence-corrected chi connectivity index (χ4v) is 5.18. The number of nitrogens with zero attached hydrogens (tertiary/aromatic N) is 2. The lowest BCUT2D eigenvalue weighted by atomic mass is 9.85. The van der Waals surface area contributed by atoms with E-state index in [1.54, 1.807) is 16.2 Å². The summed E-state index contributed by atoms with van der Waals surface area (Å²) in [7, 11) is 1.51. The summed E-state index contributed by atoms with van der Waals surface area (Å²) in [5.41, 5.74) is 3.67. The van der Waals surface area contributed by atoms with Crippen LogP contribution in [0.4, 0.5) is 0 Å². The first-order chi connectivity index (χ1) is 15.1. The molecule has 0 spiro atoms. The van der Waals surface area contributed by atoms with Gasteiger partial charge in [-0.25, -0.2) is 0 Å². The molecule has 5 nitrogen and oxygen atoms in total. The average molecular weight is 457 g/mol. The summed E-state index contributed by atoms with van der Waals surface area (Å²) in [4.78, 5) is 31.0. The predicted octanol–water partition coefficient (Wildman–Crippen LogP) is 4.65. The third kappa shape index (κ3) is 5.59. The lowest BCUT2D eigenvalue weighted by molar-refractivity contribution is -0.144. The molecule has 1 atom stereocenters. The fourth-order valence-electron chi connectivity index (χ4n) is 4.27. The number of carbonyl (C=O) groups is 2. The van der Waals surface area contributed by atoms with Gasteiger partial charge in [-0.15, -0.1) is 11.3 Å². The maximum Gasteiger partial charge on any atom is 0.249 e. The van der Waals surface area contributed by atoms with Gasteiger partial charge in [0.05, 0.1) is 12.6 Å². The molecule has 1 aliphatic heterocycles. The topological polar surface area (TPSA) is 49.9 Å². The number of benzene rings is 1. The Kier molecular flexibility index (Phi) is 7.78. The van der Waals surface area contributed by atoms with Crippen LogP contribution in [0, 0.1) is 5.92 Å². The van der Waals surface area contributed by atoms with E-state index in [1.165, 1.54) is 23.1 Å². The molecule has 1 unspecified atom stereocenters. The first-order valence-electron chi connectivity index (χ1n) is 11.3. The van der Waals surface area contributed by atoms with Crippen LogP contribution in [0.1, 0.15) is 62.2 Å². The summed E-state index contributed by atoms with van der Waals surface area (Å²) in [6.07, 6.45) is 0.853. The lowest BCUT2D eigenvalue weighted by Gasteiger charge is -2.38. The van der Waals surface area contributed by atoms with Crippen molar-refractivity contribution in [3.63, 3.8) is 0 Å². The standard InChI is InChI=1S/C26H36N2O3S/c1-18(2)15-27(24(30)17-31-6)16-23(29)28-13-11-22-21(12-14-32-22)25(28)19-7-9-20(10-8-19)26(3,4)5/h7-10,12,14,18,25H,11,13,15-17H2,1-6H3. The molecule has 1 aromatic carbocycles. The van der Waals surface area contributed by atoms with E-state index in [2.05, 4.69) is 70.3 Å². The second-order valence-corrected chi connectivity index (χ2v) is 11.0. The number of ether oxygens (including phenoxy) is 1. The smallest absolute Gasteiger partial charge is 0.249 e. The van der Waals surface area contributed by atoms with Crippen molar-refractivity contribution >= 4 is 23.2 Å². The van der Waals surface area contributed by atoms with Gasteiger partial charge in [-0.2, -0.15) is 0 Å². The molecule has 0 aliphatic carbocycles. The second-order valence-electron chi connectivity index (χ2n) is 10.0. The Hall–Kier alpha value is -2.18. The molecular weight excluding hydrogens is 420 g/mol. The minimum atomic E-state index is -0.145. The largest absolute Gasteiger partial charge is 0.375 e. The first kappa shape index (κ1) is 24.5. The van der Waals surface area contributed by atoms with Crippen LogP contribution in [0.15, 0.2) is 35.7 Å². The second kappa shape index (κ2) is 10.2. The number of carbonyl (C=O) groups excluding carboxylic acids is 2. The zero-order valence-electron chi connectivity index (χ0n) is 20.2. The molecule has 3 rings (SSSR count). The minimum Gasteiger partial charge on any atom is -0.375 e. The van der Waals surface area contributed by atoms with Gasteiger partial charge in [-0.05, 0) is 45.9 Å². The van der Waals surface area contributed by atoms with Crippen molar-refractivity contribution in [1.82, 2.24) is 9.80 Å². The molecule has 32 heavy (non-hydrogen) atoms. The molecule has 0 saturated carbocycles. The van der Waals surface area contributed by atoms with E-state index in [0.717, 1.165) is 12.0 Å². The number of thiophene rings is 1. The van der Waals surface area contributed by atoms with Gasteiger partial charge < -0.3 is 14.5 Å². The Morgan fingerprint density at radius 2 is 1.88 bits per heavy atom. The van der Waals surface area contributed by atoms with Crippen molar-refractivity contribution in [2.24, 2.45) is 5.92 Å². The van der Waals surface area contributed by atoms with Crippen molar-refractivity contribution in [1.29, 1.82) is 0 Å². The van der Waals surface area contributed by atoms with Crippen LogP contribution in [-0.2, 0) is 26.2 Å². The number of hydrogen-bond acceptors (Lipinski definition) is 4. The van der Waals surface area contributed by atoms with Crippen LogP contribution in [0.3, 0.4) is 0 Å². The highest BCUT2D eigenvalue weighted by atomic mass is 32.1. The Morgan fingerprint density at radius 1 is 1.19 bits per heavy atom. The highest BCUT2D eigenvalue weighted by molar-refractivity contribution is 7.10. The number of amides is 2. The average Bonchev–Trinajstić information content (AvgIpc) is 3.20. The van der Waals surface area contributed by atoms with E-state index < -0.39 is 0 Å². The van der Waals surface area contributed by atoms with E-state index in [0.29, 0.717) is 13.1 Å². The van der Waals surface area contributed by atoms with Crippen molar-refractivity contribution in [3.8, 4) is 0 Å². The zero-order valence-corrected chi connectivity index (χ0v) is 21.0. The highest BCUT2D eigenvalue weighted by Crippen LogP contribution is 2.38. The van der Waals surface area contributed by atoms with Gasteiger partial charge >= 0.3 is 0 Å². The van der Waals surface area contributed by atoms with Gasteiger partial charge in [0, 0.05) is 25.1 Å². The highest BCUT2D eigenvalue weighted by Gasteiger charge is 2.34. The van der Waals surface area contributed by atoms with Crippen LogP contribution >= 0.6 is 11.3 Å². The van der Waals surface area contributed by atoms with Gasteiger partial charge in [0.1, 0.15) is 6.61 Å². The van der Waals surface area contributed by atoms with Gasteiger partial charge in [-0.1, -0.05) is 58.9 Å². The third-order valence-corrected chi connectivity index (χ3v) is 6.91. The summed E-state index contributed by atoms with van der Waals surface area (Å²) in [6.45, 7) is 12.0. The summed E-state index contributed by atoms with van der Waals surface area (Å²) in [5.74, 6) is 0.111. The van der Waals surface area contributed by atoms with E-state index >= 15 is 0 Å². The molecule has 0 bridgehead atoms. The van der Waals surface area contributed by atoms with Crippen LogP contribution in [0.5, 0.6) is 0 Å². The number of fused-ring (bicyclic) bond motifs is 1. The van der Waals surface area contributed by atoms with Crippen LogP contribution < -0.4 is 0 Å². The maximum atomic E-state index is 13.5. The van der Waals surface area contributed by atoms with Crippen LogP contribution in [0.2, 0.25) is 0 Å². The fraction of sp³-hybridized carbons (Fsp3) is 0.538. The molecule has 6 heteroatoms. The molecule has 0 radical (unpaired) electrons. The van der Waals surface area contributed by atoms with Gasteiger partial charge in [0.2, 0.25) is 11.8 Å². The Labute approximate surface area is 196 Å². The summed E-state index contributed by atoms with van der Waals surface area (Å²) in [6, 6.07) is 10.7. The van der Waals surface area contributed by atoms with Crippen molar-refractivity contribution < 1.29 is 14.3 Å². The van der Waals surface area contributed by atoms with Gasteiger partial charge in [-0.3, -0.25) is 9.59 Å². The van der Waals surface area contributed by atoms with Crippen molar-refractivity contribution in [2.45, 2.75) is 52.5 Å². The predicted molar refractivity (Wildman–Crippen MR) is 130 cm³/mol. The zero-order chi connectivity index (χ0) is 23.5. The number of rotatable bonds is 7. The van der Waals surface area contributed by atoms with Crippen molar-refractivity contribution in [3.05, 3.63) is 57.3 Å². The molecule has 2 aromatic rings. The molecular formula is C26H36N2O3S. The minimum absolute atomic E-state index is 0.00757. The maximum absolute atomic E-state index is 13.5. The van der Waals surface area contributed by atoms with Gasteiger partial charge in [0.15, 0.2) is 0 Å². The molecule has 174 valence electrons. The van der Waals surface area contributed by atoms with Gasteiger partial charge in [0.25, 0.3) is 0 Å². The van der Waals surface area contributed by atoms with E-state index in [9.17, 15) is 9.59 Å². The molecule has 0 fully saturated rings. The molecule has 0 saturated heterocycles. The summed E-state index contributed by atoms with van der Waals surface area (Å²) >= 11 is 1.76. The number of hydrogen-bond donors (Lipinski definition) is 0. The Balaban J connectivity index is 1.90. The van der Waals surface area contributed by atoms with E-state index in [-0.39, 0.29) is 42.3 Å². The third-order valence-electron chi connectivity index (χ3n) is 5.91. The Bertz CT molecular complexity index is 927. The molecule has 2 amide bonds. The van der Waals surface area contributed by atoms with Crippen LogP contribution in [-0.4, -0.2) is 55.0 Å². The van der Waals surface area contributed by atoms with E-state index in [4.69, 9.17) is 4.74 Å². The van der Waals surface area contributed by atoms with E-state index in [1.807, 2.05) is 4.90 Å². The first-order valence-corrected chi connectivity index (χ1v) is 12.2. The molecule has 2 heterocycles. The van der Waals surface area contributed by atoms with Crippen LogP contribution in [0.25, 0.3) is 0 Å². The molecule has 1 aromatic heterocycles. The quantitative estimate of drug-likeness (QED) is 0.609. The SMILES string of the molecule is COCC(=O)N(CC(=O)N1CCc2sccc2C1c1ccc(C(C)(C)C)cc1)CC(C)C. The monoisotopic (exact) mass is 456 g/mol. The Morgan fingerprint density at radius 3 is 2.47 bits per heavy atom. The lowest BCUT2D eigenvalue weighted by Crippen LogP contribution is -2.48. The summed E-state index contributed by atoms with van der Waals surface area (Å²) < 4.78 is 5.04. The normalized spacial score (nSPS) is 16.2. The molecule has 0 N–H and O–H groups in total. The summed E-state index contributed by atoms with van der Waals surface area (Å²) in [5, 5.41) is 2.11. The molecule has 1 aliphatic rings. The van der Waals surface area contributed by atoms with Crippen molar-refractivity contribution in [2.75, 3.05) is 33.4 Å².